The Labute approximate surface area is 202 Å². The molecular formula is C26H16INO5. The van der Waals surface area contributed by atoms with Gasteiger partial charge in [-0.3, -0.25) is 19.2 Å². The summed E-state index contributed by atoms with van der Waals surface area (Å²) in [6.45, 7) is 0. The summed E-state index contributed by atoms with van der Waals surface area (Å²) in [5, 5.41) is 0. The highest BCUT2D eigenvalue weighted by molar-refractivity contribution is 14.1. The van der Waals surface area contributed by atoms with Gasteiger partial charge in [-0.2, -0.15) is 0 Å². The summed E-state index contributed by atoms with van der Waals surface area (Å²) in [6.07, 6.45) is -0.899. The van der Waals surface area contributed by atoms with E-state index in [1.165, 1.54) is 0 Å². The van der Waals surface area contributed by atoms with Gasteiger partial charge in [0.1, 0.15) is 0 Å². The normalized spacial score (nSPS) is 25.1. The smallest absolute Gasteiger partial charge is 0.241 e. The standard InChI is InChI=1S/C26H16INO5/c27-15-10-12-16(13-11-15)28-24(31)19-20(25(28)32)26(33-21(19)14-6-2-1-3-7-14)22(29)17-8-4-5-9-18(17)23(26)30/h1-13,19-21H/t19-,20+,21-/m0/s1. The predicted octanol–water partition coefficient (Wildman–Crippen LogP) is 3.99. The van der Waals surface area contributed by atoms with E-state index in [1.807, 2.05) is 6.07 Å². The number of halogens is 1. The van der Waals surface area contributed by atoms with Crippen molar-refractivity contribution in [2.24, 2.45) is 11.8 Å². The summed E-state index contributed by atoms with van der Waals surface area (Å²) >= 11 is 2.14. The van der Waals surface area contributed by atoms with Crippen molar-refractivity contribution in [3.05, 3.63) is 99.1 Å². The molecular weight excluding hydrogens is 533 g/mol. The maximum atomic E-state index is 13.8. The number of anilines is 1. The van der Waals surface area contributed by atoms with Gasteiger partial charge in [-0.15, -0.1) is 0 Å². The number of carbonyl (C=O) groups excluding carboxylic acids is 4. The second kappa shape index (κ2) is 7.16. The summed E-state index contributed by atoms with van der Waals surface area (Å²) in [5.74, 6) is -4.37. The van der Waals surface area contributed by atoms with E-state index in [-0.39, 0.29) is 11.1 Å². The van der Waals surface area contributed by atoms with Gasteiger partial charge in [0.2, 0.25) is 29.0 Å². The highest BCUT2D eigenvalue weighted by atomic mass is 127. The molecule has 2 amide bonds. The molecule has 2 fully saturated rings. The number of ketones is 2. The van der Waals surface area contributed by atoms with Crippen LogP contribution in [0, 0.1) is 15.4 Å². The summed E-state index contributed by atoms with van der Waals surface area (Å²) < 4.78 is 7.20. The summed E-state index contributed by atoms with van der Waals surface area (Å²) in [7, 11) is 0. The predicted molar refractivity (Wildman–Crippen MR) is 127 cm³/mol. The van der Waals surface area contributed by atoms with Gasteiger partial charge in [0.15, 0.2) is 0 Å². The van der Waals surface area contributed by atoms with Crippen LogP contribution in [0.4, 0.5) is 5.69 Å². The van der Waals surface area contributed by atoms with Crippen LogP contribution < -0.4 is 4.90 Å². The van der Waals surface area contributed by atoms with Crippen molar-refractivity contribution in [2.75, 3.05) is 4.90 Å². The van der Waals surface area contributed by atoms with E-state index in [9.17, 15) is 19.2 Å². The molecule has 6 rings (SSSR count). The number of imide groups is 1. The number of rotatable bonds is 2. The van der Waals surface area contributed by atoms with Crippen molar-refractivity contribution in [2.45, 2.75) is 11.7 Å². The van der Waals surface area contributed by atoms with Gasteiger partial charge < -0.3 is 4.74 Å². The number of hydrogen-bond donors (Lipinski definition) is 0. The van der Waals surface area contributed by atoms with Gasteiger partial charge in [-0.25, -0.2) is 4.90 Å². The Morgan fingerprint density at radius 3 is 1.91 bits per heavy atom. The summed E-state index contributed by atoms with van der Waals surface area (Å²) in [6, 6.07) is 22.4. The van der Waals surface area contributed by atoms with E-state index < -0.39 is 46.9 Å². The minimum atomic E-state index is -2.04. The van der Waals surface area contributed by atoms with E-state index in [0.717, 1.165) is 8.47 Å². The first-order valence-electron chi connectivity index (χ1n) is 10.5. The lowest BCUT2D eigenvalue weighted by molar-refractivity contribution is -0.127. The Kier molecular flexibility index (Phi) is 4.44. The molecule has 33 heavy (non-hydrogen) atoms. The van der Waals surface area contributed by atoms with Crippen LogP contribution in [0.25, 0.3) is 0 Å². The SMILES string of the molecule is O=C1[C@@H]2[C@H](c3ccccc3)OC3(C(=O)c4ccccc4C3=O)[C@H]2C(=O)N1c1ccc(I)cc1. The molecule has 162 valence electrons. The Balaban J connectivity index is 1.55. The van der Waals surface area contributed by atoms with Crippen LogP contribution in [0.3, 0.4) is 0 Å². The van der Waals surface area contributed by atoms with Gasteiger partial charge in [0, 0.05) is 14.7 Å². The quantitative estimate of drug-likeness (QED) is 0.275. The van der Waals surface area contributed by atoms with Crippen LogP contribution >= 0.6 is 22.6 Å². The maximum Gasteiger partial charge on any atom is 0.241 e. The lowest BCUT2D eigenvalue weighted by Crippen LogP contribution is -2.51. The first kappa shape index (κ1) is 20.4. The molecule has 0 bridgehead atoms. The van der Waals surface area contributed by atoms with Gasteiger partial charge in [-0.05, 0) is 52.4 Å². The Hall–Kier alpha value is -3.17. The lowest BCUT2D eigenvalue weighted by atomic mass is 9.77. The Morgan fingerprint density at radius 1 is 0.727 bits per heavy atom. The van der Waals surface area contributed by atoms with Crippen LogP contribution in [0.2, 0.25) is 0 Å². The van der Waals surface area contributed by atoms with Crippen LogP contribution in [0.1, 0.15) is 32.4 Å². The monoisotopic (exact) mass is 549 g/mol. The number of ether oxygens (including phenoxy) is 1. The molecule has 1 aliphatic carbocycles. The number of fused-ring (bicyclic) bond motifs is 3. The fourth-order valence-electron chi connectivity index (χ4n) is 5.31. The number of amides is 2. The molecule has 7 heteroatoms. The molecule has 6 nitrogen and oxygen atoms in total. The first-order chi connectivity index (χ1) is 15.9. The van der Waals surface area contributed by atoms with Crippen LogP contribution in [0.5, 0.6) is 0 Å². The third kappa shape index (κ3) is 2.63. The van der Waals surface area contributed by atoms with E-state index in [2.05, 4.69) is 22.6 Å². The maximum absolute atomic E-state index is 13.8. The molecule has 0 saturated carbocycles. The van der Waals surface area contributed by atoms with Crippen molar-refractivity contribution in [1.82, 2.24) is 0 Å². The van der Waals surface area contributed by atoms with Crippen molar-refractivity contribution >= 4 is 51.7 Å². The molecule has 2 heterocycles. The average molecular weight is 549 g/mol. The summed E-state index contributed by atoms with van der Waals surface area (Å²) in [4.78, 5) is 55.9. The highest BCUT2D eigenvalue weighted by Gasteiger charge is 2.74. The molecule has 3 aliphatic rings. The van der Waals surface area contributed by atoms with Crippen LogP contribution in [0.15, 0.2) is 78.9 Å². The third-order valence-electron chi connectivity index (χ3n) is 6.73. The van der Waals surface area contributed by atoms with E-state index in [0.29, 0.717) is 11.3 Å². The zero-order valence-electron chi connectivity index (χ0n) is 17.1. The fraction of sp³-hybridized carbons (Fsp3) is 0.154. The van der Waals surface area contributed by atoms with E-state index >= 15 is 0 Å². The molecule has 3 aromatic rings. The van der Waals surface area contributed by atoms with Gasteiger partial charge >= 0.3 is 0 Å². The average Bonchev–Trinajstić information content (AvgIpc) is 3.41. The molecule has 2 aliphatic heterocycles. The molecule has 2 saturated heterocycles. The Morgan fingerprint density at radius 2 is 1.30 bits per heavy atom. The minimum Gasteiger partial charge on any atom is -0.349 e. The van der Waals surface area contributed by atoms with Crippen molar-refractivity contribution in [1.29, 1.82) is 0 Å². The number of carbonyl (C=O) groups is 4. The van der Waals surface area contributed by atoms with Gasteiger partial charge in [0.05, 0.1) is 23.6 Å². The van der Waals surface area contributed by atoms with Crippen molar-refractivity contribution < 1.29 is 23.9 Å². The molecule has 0 aromatic heterocycles. The number of benzene rings is 3. The lowest BCUT2D eigenvalue weighted by Gasteiger charge is -2.27. The first-order valence-corrected chi connectivity index (χ1v) is 11.6. The molecule has 0 radical (unpaired) electrons. The van der Waals surface area contributed by atoms with Crippen LogP contribution in [-0.4, -0.2) is 29.0 Å². The number of hydrogen-bond acceptors (Lipinski definition) is 5. The topological polar surface area (TPSA) is 80.8 Å². The van der Waals surface area contributed by atoms with Crippen molar-refractivity contribution in [3.8, 4) is 0 Å². The van der Waals surface area contributed by atoms with E-state index in [4.69, 9.17) is 4.74 Å². The zero-order chi connectivity index (χ0) is 22.9. The Bertz CT molecular complexity index is 1320. The molecule has 0 N–H and O–H groups in total. The summed E-state index contributed by atoms with van der Waals surface area (Å²) in [5.41, 5.74) is -0.533. The molecule has 1 spiro atoms. The molecule has 3 aromatic carbocycles. The highest BCUT2D eigenvalue weighted by Crippen LogP contribution is 2.57. The number of Topliss-reactive ketones (excluding diaryl/α,β-unsaturated/α-hetero) is 2. The van der Waals surface area contributed by atoms with Crippen LogP contribution in [-0.2, 0) is 14.3 Å². The zero-order valence-corrected chi connectivity index (χ0v) is 19.3. The van der Waals surface area contributed by atoms with Gasteiger partial charge in [0.25, 0.3) is 0 Å². The molecule has 0 unspecified atom stereocenters. The van der Waals surface area contributed by atoms with Crippen molar-refractivity contribution in [3.63, 3.8) is 0 Å². The second-order valence-corrected chi connectivity index (χ2v) is 9.63. The third-order valence-corrected chi connectivity index (χ3v) is 7.45. The second-order valence-electron chi connectivity index (χ2n) is 8.38. The van der Waals surface area contributed by atoms with E-state index in [1.54, 1.807) is 72.8 Å². The molecule has 3 atom stereocenters. The minimum absolute atomic E-state index is 0.225. The largest absolute Gasteiger partial charge is 0.349 e. The fourth-order valence-corrected chi connectivity index (χ4v) is 5.67. The van der Waals surface area contributed by atoms with Gasteiger partial charge in [-0.1, -0.05) is 54.6 Å². The number of nitrogens with zero attached hydrogens (tertiary/aromatic N) is 1.